The SMILES string of the molecule is CC1CCN(C)C[C@@H]1OC(=O)Cc1ccc(F)cc1. The number of nitrogens with zero attached hydrogens (tertiary/aromatic N) is 1. The molecule has 0 N–H and O–H groups in total. The van der Waals surface area contributed by atoms with Gasteiger partial charge in [0.1, 0.15) is 11.9 Å². The Labute approximate surface area is 113 Å². The summed E-state index contributed by atoms with van der Waals surface area (Å²) in [5.74, 6) is -0.133. The quantitative estimate of drug-likeness (QED) is 0.785. The zero-order chi connectivity index (χ0) is 13.8. The van der Waals surface area contributed by atoms with Crippen LogP contribution < -0.4 is 0 Å². The maximum Gasteiger partial charge on any atom is 0.310 e. The summed E-state index contributed by atoms with van der Waals surface area (Å²) in [7, 11) is 2.03. The van der Waals surface area contributed by atoms with Gasteiger partial charge in [0.25, 0.3) is 0 Å². The van der Waals surface area contributed by atoms with Gasteiger partial charge in [-0.15, -0.1) is 0 Å². The highest BCUT2D eigenvalue weighted by Crippen LogP contribution is 2.19. The lowest BCUT2D eigenvalue weighted by atomic mass is 9.96. The third-order valence-corrected chi connectivity index (χ3v) is 3.64. The maximum atomic E-state index is 12.8. The van der Waals surface area contributed by atoms with Gasteiger partial charge in [0.2, 0.25) is 0 Å². The Morgan fingerprint density at radius 3 is 2.79 bits per heavy atom. The number of esters is 1. The van der Waals surface area contributed by atoms with E-state index in [-0.39, 0.29) is 24.3 Å². The Balaban J connectivity index is 1.88. The molecule has 0 radical (unpaired) electrons. The summed E-state index contributed by atoms with van der Waals surface area (Å²) in [5.41, 5.74) is 0.781. The summed E-state index contributed by atoms with van der Waals surface area (Å²) >= 11 is 0. The molecule has 19 heavy (non-hydrogen) atoms. The van der Waals surface area contributed by atoms with Crippen molar-refractivity contribution >= 4 is 5.97 Å². The molecule has 1 aromatic carbocycles. The van der Waals surface area contributed by atoms with E-state index >= 15 is 0 Å². The average molecular weight is 265 g/mol. The maximum absolute atomic E-state index is 12.8. The number of benzene rings is 1. The van der Waals surface area contributed by atoms with Crippen LogP contribution in [0.4, 0.5) is 4.39 Å². The molecule has 1 aliphatic heterocycles. The smallest absolute Gasteiger partial charge is 0.310 e. The van der Waals surface area contributed by atoms with E-state index in [9.17, 15) is 9.18 Å². The van der Waals surface area contributed by atoms with E-state index < -0.39 is 0 Å². The first-order chi connectivity index (χ1) is 9.04. The molecule has 1 aliphatic rings. The fourth-order valence-corrected chi connectivity index (χ4v) is 2.32. The van der Waals surface area contributed by atoms with Crippen molar-refractivity contribution in [2.75, 3.05) is 20.1 Å². The Morgan fingerprint density at radius 2 is 2.11 bits per heavy atom. The van der Waals surface area contributed by atoms with Gasteiger partial charge in [0, 0.05) is 6.54 Å². The zero-order valence-electron chi connectivity index (χ0n) is 11.4. The highest BCUT2D eigenvalue weighted by molar-refractivity contribution is 5.72. The second-order valence-electron chi connectivity index (χ2n) is 5.36. The summed E-state index contributed by atoms with van der Waals surface area (Å²) in [5, 5.41) is 0. The number of piperidine rings is 1. The topological polar surface area (TPSA) is 29.5 Å². The Morgan fingerprint density at radius 1 is 1.42 bits per heavy atom. The van der Waals surface area contributed by atoms with Crippen molar-refractivity contribution in [3.8, 4) is 0 Å². The molecule has 0 aliphatic carbocycles. The van der Waals surface area contributed by atoms with E-state index in [4.69, 9.17) is 4.74 Å². The van der Waals surface area contributed by atoms with Gasteiger partial charge >= 0.3 is 5.97 Å². The van der Waals surface area contributed by atoms with Crippen LogP contribution >= 0.6 is 0 Å². The number of hydrogen-bond acceptors (Lipinski definition) is 3. The van der Waals surface area contributed by atoms with E-state index in [1.54, 1.807) is 12.1 Å². The van der Waals surface area contributed by atoms with Gasteiger partial charge in [-0.05, 0) is 43.6 Å². The summed E-state index contributed by atoms with van der Waals surface area (Å²) < 4.78 is 18.3. The van der Waals surface area contributed by atoms with E-state index in [1.165, 1.54) is 12.1 Å². The summed E-state index contributed by atoms with van der Waals surface area (Å²) in [6.45, 7) is 3.95. The minimum Gasteiger partial charge on any atom is -0.460 e. The molecule has 1 aromatic rings. The van der Waals surface area contributed by atoms with Crippen LogP contribution in [0.1, 0.15) is 18.9 Å². The van der Waals surface area contributed by atoms with Gasteiger partial charge in [0.05, 0.1) is 6.42 Å². The first kappa shape index (κ1) is 14.0. The molecule has 3 nitrogen and oxygen atoms in total. The molecule has 0 aromatic heterocycles. The summed E-state index contributed by atoms with van der Waals surface area (Å²) in [6.07, 6.45) is 1.21. The molecule has 2 rings (SSSR count). The van der Waals surface area contributed by atoms with E-state index in [0.29, 0.717) is 5.92 Å². The molecule has 1 heterocycles. The van der Waals surface area contributed by atoms with Crippen LogP contribution in [-0.4, -0.2) is 37.1 Å². The van der Waals surface area contributed by atoms with Gasteiger partial charge in [-0.1, -0.05) is 19.1 Å². The van der Waals surface area contributed by atoms with Crippen LogP contribution in [-0.2, 0) is 16.0 Å². The van der Waals surface area contributed by atoms with Crippen molar-refractivity contribution in [1.29, 1.82) is 0 Å². The first-order valence-electron chi connectivity index (χ1n) is 6.67. The average Bonchev–Trinajstić information content (AvgIpc) is 2.37. The predicted molar refractivity (Wildman–Crippen MR) is 71.3 cm³/mol. The van der Waals surface area contributed by atoms with Crippen LogP contribution in [0.2, 0.25) is 0 Å². The first-order valence-corrected chi connectivity index (χ1v) is 6.67. The Kier molecular flexibility index (Phi) is 4.53. The number of hydrogen-bond donors (Lipinski definition) is 0. The van der Waals surface area contributed by atoms with Gasteiger partial charge in [-0.3, -0.25) is 4.79 Å². The molecular weight excluding hydrogens is 245 g/mol. The second kappa shape index (κ2) is 6.15. The molecule has 1 unspecified atom stereocenters. The number of likely N-dealkylation sites (N-methyl/N-ethyl adjacent to an activating group) is 1. The van der Waals surface area contributed by atoms with Crippen LogP contribution in [0.25, 0.3) is 0 Å². The van der Waals surface area contributed by atoms with Crippen molar-refractivity contribution in [2.45, 2.75) is 25.9 Å². The molecule has 0 saturated carbocycles. The lowest BCUT2D eigenvalue weighted by molar-refractivity contribution is -0.153. The van der Waals surface area contributed by atoms with Gasteiger partial charge in [0.15, 0.2) is 0 Å². The van der Waals surface area contributed by atoms with Crippen molar-refractivity contribution in [3.63, 3.8) is 0 Å². The summed E-state index contributed by atoms with van der Waals surface area (Å²) in [6, 6.07) is 5.96. The molecule has 4 heteroatoms. The second-order valence-corrected chi connectivity index (χ2v) is 5.36. The highest BCUT2D eigenvalue weighted by Gasteiger charge is 2.27. The fraction of sp³-hybridized carbons (Fsp3) is 0.533. The molecule has 1 fully saturated rings. The number of likely N-dealkylation sites (tertiary alicyclic amines) is 1. The third-order valence-electron chi connectivity index (χ3n) is 3.64. The van der Waals surface area contributed by atoms with Gasteiger partial charge in [-0.2, -0.15) is 0 Å². The molecule has 0 spiro atoms. The lowest BCUT2D eigenvalue weighted by Gasteiger charge is -2.34. The van der Waals surface area contributed by atoms with Crippen LogP contribution in [0, 0.1) is 11.7 Å². The molecule has 1 saturated heterocycles. The van der Waals surface area contributed by atoms with Crippen LogP contribution in [0.15, 0.2) is 24.3 Å². The van der Waals surface area contributed by atoms with Crippen molar-refractivity contribution < 1.29 is 13.9 Å². The van der Waals surface area contributed by atoms with Crippen LogP contribution in [0.5, 0.6) is 0 Å². The number of halogens is 1. The number of carbonyl (C=O) groups excluding carboxylic acids is 1. The summed E-state index contributed by atoms with van der Waals surface area (Å²) in [4.78, 5) is 14.1. The third kappa shape index (κ3) is 4.03. The normalized spacial score (nSPS) is 24.2. The molecular formula is C15H20FNO2. The number of carbonyl (C=O) groups is 1. The lowest BCUT2D eigenvalue weighted by Crippen LogP contribution is -2.43. The molecule has 0 amide bonds. The van der Waals surface area contributed by atoms with Crippen LogP contribution in [0.3, 0.4) is 0 Å². The van der Waals surface area contributed by atoms with Gasteiger partial charge < -0.3 is 9.64 Å². The van der Waals surface area contributed by atoms with E-state index in [0.717, 1.165) is 25.1 Å². The Bertz CT molecular complexity index is 432. The Hall–Kier alpha value is -1.42. The number of rotatable bonds is 3. The van der Waals surface area contributed by atoms with E-state index in [1.807, 2.05) is 7.05 Å². The molecule has 2 atom stereocenters. The number of ether oxygens (including phenoxy) is 1. The molecule has 0 bridgehead atoms. The van der Waals surface area contributed by atoms with Gasteiger partial charge in [-0.25, -0.2) is 4.39 Å². The minimum absolute atomic E-state index is 0.0355. The fourth-order valence-electron chi connectivity index (χ4n) is 2.32. The monoisotopic (exact) mass is 265 g/mol. The van der Waals surface area contributed by atoms with E-state index in [2.05, 4.69) is 11.8 Å². The highest BCUT2D eigenvalue weighted by atomic mass is 19.1. The molecule has 104 valence electrons. The standard InChI is InChI=1S/C15H20FNO2/c1-11-7-8-17(2)10-14(11)19-15(18)9-12-3-5-13(16)6-4-12/h3-6,11,14H,7-10H2,1-2H3/t11?,14-/m0/s1. The zero-order valence-corrected chi connectivity index (χ0v) is 11.4. The van der Waals surface area contributed by atoms with Crippen molar-refractivity contribution in [2.24, 2.45) is 5.92 Å². The van der Waals surface area contributed by atoms with Crippen molar-refractivity contribution in [1.82, 2.24) is 4.90 Å². The largest absolute Gasteiger partial charge is 0.460 e. The predicted octanol–water partition coefficient (Wildman–Crippen LogP) is 2.25. The van der Waals surface area contributed by atoms with Crippen molar-refractivity contribution in [3.05, 3.63) is 35.6 Å². The minimum atomic E-state index is -0.292.